The predicted octanol–water partition coefficient (Wildman–Crippen LogP) is 3.71. The van der Waals surface area contributed by atoms with Crippen LogP contribution < -0.4 is 10.1 Å². The van der Waals surface area contributed by atoms with Gasteiger partial charge in [-0.1, -0.05) is 31.4 Å². The van der Waals surface area contributed by atoms with Crippen LogP contribution in [0.5, 0.6) is 5.75 Å². The lowest BCUT2D eigenvalue weighted by Gasteiger charge is -2.29. The summed E-state index contributed by atoms with van der Waals surface area (Å²) in [4.78, 5) is 12.1. The number of carbonyl (C=O) groups is 1. The number of amides is 1. The van der Waals surface area contributed by atoms with Crippen LogP contribution in [-0.4, -0.2) is 19.1 Å². The van der Waals surface area contributed by atoms with E-state index in [-0.39, 0.29) is 5.91 Å². The minimum atomic E-state index is -0.0164. The Morgan fingerprint density at radius 1 is 1.33 bits per heavy atom. The Bertz CT molecular complexity index is 522. The van der Waals surface area contributed by atoms with Gasteiger partial charge in [0.1, 0.15) is 5.75 Å². The van der Waals surface area contributed by atoms with Crippen molar-refractivity contribution in [3.05, 3.63) is 35.4 Å². The van der Waals surface area contributed by atoms with Crippen LogP contribution in [0.15, 0.2) is 24.3 Å². The van der Waals surface area contributed by atoms with E-state index in [0.29, 0.717) is 12.0 Å². The summed E-state index contributed by atoms with van der Waals surface area (Å²) in [5.41, 5.74) is 2.08. The molecule has 1 aromatic carbocycles. The Hall–Kier alpha value is -1.77. The number of hydrogen-bond acceptors (Lipinski definition) is 2. The van der Waals surface area contributed by atoms with Crippen molar-refractivity contribution in [3.63, 3.8) is 0 Å². The summed E-state index contributed by atoms with van der Waals surface area (Å²) >= 11 is 0. The van der Waals surface area contributed by atoms with Gasteiger partial charge in [0.05, 0.1) is 7.11 Å². The molecule has 2 rings (SSSR count). The highest BCUT2D eigenvalue weighted by Gasteiger charge is 2.21. The third kappa shape index (κ3) is 4.35. The Balaban J connectivity index is 2.00. The van der Waals surface area contributed by atoms with Crippen molar-refractivity contribution >= 4 is 12.0 Å². The second kappa shape index (κ2) is 7.30. The van der Waals surface area contributed by atoms with Crippen molar-refractivity contribution < 1.29 is 9.53 Å². The number of benzene rings is 1. The largest absolute Gasteiger partial charge is 0.496 e. The predicted molar refractivity (Wildman–Crippen MR) is 86.3 cm³/mol. The second-order valence-electron chi connectivity index (χ2n) is 5.96. The van der Waals surface area contributed by atoms with Crippen LogP contribution in [-0.2, 0) is 4.79 Å². The maximum absolute atomic E-state index is 12.1. The number of ether oxygens (including phenoxy) is 1. The van der Waals surface area contributed by atoms with Crippen LogP contribution in [0.2, 0.25) is 0 Å². The quantitative estimate of drug-likeness (QED) is 0.857. The maximum Gasteiger partial charge on any atom is 0.244 e. The summed E-state index contributed by atoms with van der Waals surface area (Å²) in [6.07, 6.45) is 8.23. The highest BCUT2D eigenvalue weighted by Crippen LogP contribution is 2.24. The van der Waals surface area contributed by atoms with Crippen LogP contribution in [0, 0.1) is 12.8 Å². The zero-order valence-corrected chi connectivity index (χ0v) is 13.2. The van der Waals surface area contributed by atoms with E-state index in [4.69, 9.17) is 4.74 Å². The summed E-state index contributed by atoms with van der Waals surface area (Å²) in [5.74, 6) is 1.34. The van der Waals surface area contributed by atoms with Crippen molar-refractivity contribution in [2.75, 3.05) is 7.11 Å². The molecular formula is C18H25NO2. The molecule has 0 spiro atoms. The van der Waals surface area contributed by atoms with Gasteiger partial charge in [-0.05, 0) is 43.9 Å². The third-order valence-electron chi connectivity index (χ3n) is 4.24. The first-order valence-corrected chi connectivity index (χ1v) is 7.73. The Labute approximate surface area is 127 Å². The van der Waals surface area contributed by atoms with Gasteiger partial charge in [0, 0.05) is 17.7 Å². The standard InChI is InChI=1S/C18H25NO2/c1-13-8-10-17(21-3)15(12-13)9-11-18(20)19-16-7-5-4-6-14(16)2/h8-12,14,16H,4-7H2,1-3H3,(H,19,20)/b11-9+/t14-,16+/m0/s1. The van der Waals surface area contributed by atoms with Crippen LogP contribution in [0.3, 0.4) is 0 Å². The first kappa shape index (κ1) is 15.6. The number of methoxy groups -OCH3 is 1. The molecule has 0 radical (unpaired) electrons. The fraction of sp³-hybridized carbons (Fsp3) is 0.500. The SMILES string of the molecule is COc1ccc(C)cc1/C=C/C(=O)N[C@@H]1CCCC[C@@H]1C. The molecule has 1 saturated carbocycles. The van der Waals surface area contributed by atoms with E-state index < -0.39 is 0 Å². The molecule has 1 aromatic rings. The molecule has 1 N–H and O–H groups in total. The molecule has 21 heavy (non-hydrogen) atoms. The molecule has 0 bridgehead atoms. The number of aryl methyl sites for hydroxylation is 1. The van der Waals surface area contributed by atoms with E-state index in [0.717, 1.165) is 23.3 Å². The van der Waals surface area contributed by atoms with E-state index in [2.05, 4.69) is 12.2 Å². The summed E-state index contributed by atoms with van der Waals surface area (Å²) in [5, 5.41) is 3.12. The topological polar surface area (TPSA) is 38.3 Å². The van der Waals surface area contributed by atoms with Crippen molar-refractivity contribution in [1.82, 2.24) is 5.32 Å². The van der Waals surface area contributed by atoms with Crippen molar-refractivity contribution in [2.24, 2.45) is 5.92 Å². The van der Waals surface area contributed by atoms with E-state index in [9.17, 15) is 4.79 Å². The van der Waals surface area contributed by atoms with E-state index in [1.807, 2.05) is 31.2 Å². The highest BCUT2D eigenvalue weighted by atomic mass is 16.5. The number of hydrogen-bond donors (Lipinski definition) is 1. The van der Waals surface area contributed by atoms with Crippen LogP contribution in [0.1, 0.15) is 43.7 Å². The molecule has 3 heteroatoms. The molecule has 1 fully saturated rings. The molecule has 0 heterocycles. The fourth-order valence-corrected chi connectivity index (χ4v) is 2.91. The monoisotopic (exact) mass is 287 g/mol. The van der Waals surface area contributed by atoms with E-state index in [1.165, 1.54) is 19.3 Å². The molecular weight excluding hydrogens is 262 g/mol. The first-order chi connectivity index (χ1) is 10.1. The smallest absolute Gasteiger partial charge is 0.244 e. The summed E-state index contributed by atoms with van der Waals surface area (Å²) in [6.45, 7) is 4.25. The average Bonchev–Trinajstić information content (AvgIpc) is 2.48. The lowest BCUT2D eigenvalue weighted by Crippen LogP contribution is -2.40. The summed E-state index contributed by atoms with van der Waals surface area (Å²) in [7, 11) is 1.64. The fourth-order valence-electron chi connectivity index (χ4n) is 2.91. The van der Waals surface area contributed by atoms with Crippen LogP contribution in [0.25, 0.3) is 6.08 Å². The lowest BCUT2D eigenvalue weighted by molar-refractivity contribution is -0.117. The van der Waals surface area contributed by atoms with Gasteiger partial charge in [-0.3, -0.25) is 4.79 Å². The second-order valence-corrected chi connectivity index (χ2v) is 5.96. The van der Waals surface area contributed by atoms with Gasteiger partial charge in [-0.2, -0.15) is 0 Å². The third-order valence-corrected chi connectivity index (χ3v) is 4.24. The minimum Gasteiger partial charge on any atom is -0.496 e. The number of rotatable bonds is 4. The summed E-state index contributed by atoms with van der Waals surface area (Å²) < 4.78 is 5.32. The molecule has 0 saturated heterocycles. The number of carbonyl (C=O) groups excluding carboxylic acids is 1. The Morgan fingerprint density at radius 3 is 2.81 bits per heavy atom. The van der Waals surface area contributed by atoms with Crippen molar-refractivity contribution in [1.29, 1.82) is 0 Å². The maximum atomic E-state index is 12.1. The zero-order chi connectivity index (χ0) is 15.2. The average molecular weight is 287 g/mol. The van der Waals surface area contributed by atoms with Gasteiger partial charge in [-0.15, -0.1) is 0 Å². The van der Waals surface area contributed by atoms with Crippen LogP contribution >= 0.6 is 0 Å². The first-order valence-electron chi connectivity index (χ1n) is 7.73. The zero-order valence-electron chi connectivity index (χ0n) is 13.2. The molecule has 1 amide bonds. The van der Waals surface area contributed by atoms with Crippen LogP contribution in [0.4, 0.5) is 0 Å². The van der Waals surface area contributed by atoms with Gasteiger partial charge in [0.2, 0.25) is 5.91 Å². The van der Waals surface area contributed by atoms with Crippen molar-refractivity contribution in [3.8, 4) is 5.75 Å². The van der Waals surface area contributed by atoms with Gasteiger partial charge >= 0.3 is 0 Å². The molecule has 0 aromatic heterocycles. The highest BCUT2D eigenvalue weighted by molar-refractivity contribution is 5.92. The molecule has 1 aliphatic carbocycles. The number of nitrogens with one attached hydrogen (secondary N) is 1. The van der Waals surface area contributed by atoms with Gasteiger partial charge in [0.15, 0.2) is 0 Å². The Kier molecular flexibility index (Phi) is 5.43. The Morgan fingerprint density at radius 2 is 2.10 bits per heavy atom. The van der Waals surface area contributed by atoms with Crippen molar-refractivity contribution in [2.45, 2.75) is 45.6 Å². The molecule has 114 valence electrons. The minimum absolute atomic E-state index is 0.0164. The van der Waals surface area contributed by atoms with Gasteiger partial charge < -0.3 is 10.1 Å². The summed E-state index contributed by atoms with van der Waals surface area (Å²) in [6, 6.07) is 6.26. The molecule has 1 aliphatic rings. The lowest BCUT2D eigenvalue weighted by atomic mass is 9.86. The molecule has 3 nitrogen and oxygen atoms in total. The molecule has 0 unspecified atom stereocenters. The molecule has 0 aliphatic heterocycles. The van der Waals surface area contributed by atoms with E-state index >= 15 is 0 Å². The van der Waals surface area contributed by atoms with Gasteiger partial charge in [0.25, 0.3) is 0 Å². The van der Waals surface area contributed by atoms with E-state index in [1.54, 1.807) is 13.2 Å². The molecule has 2 atom stereocenters. The normalized spacial score (nSPS) is 22.2. The van der Waals surface area contributed by atoms with Gasteiger partial charge in [-0.25, -0.2) is 0 Å².